The topological polar surface area (TPSA) is 66.5 Å². The van der Waals surface area contributed by atoms with Gasteiger partial charge in [-0.3, -0.25) is 9.10 Å². The number of benzene rings is 2. The molecule has 2 aromatic carbocycles. The molecule has 1 amide bonds. The third-order valence-corrected chi connectivity index (χ3v) is 7.31. The predicted octanol–water partition coefficient (Wildman–Crippen LogP) is 4.21. The molecule has 0 atom stereocenters. The molecule has 0 heterocycles. The van der Waals surface area contributed by atoms with Gasteiger partial charge >= 0.3 is 0 Å². The largest absolute Gasteiger partial charge is 0.352 e. The predicted molar refractivity (Wildman–Crippen MR) is 112 cm³/mol. The fourth-order valence-electron chi connectivity index (χ4n) is 3.48. The second kappa shape index (κ2) is 8.53. The molecule has 0 aromatic heterocycles. The van der Waals surface area contributed by atoms with Crippen molar-refractivity contribution < 1.29 is 13.2 Å². The fraction of sp³-hybridized carbons (Fsp3) is 0.381. The third kappa shape index (κ3) is 4.50. The zero-order chi connectivity index (χ0) is 20.3. The average Bonchev–Trinajstić information content (AvgIpc) is 3.15. The van der Waals surface area contributed by atoms with E-state index in [1.807, 2.05) is 6.92 Å². The molecule has 150 valence electrons. The van der Waals surface area contributed by atoms with Crippen molar-refractivity contribution in [2.75, 3.05) is 10.8 Å². The first kappa shape index (κ1) is 20.7. The molecule has 1 N–H and O–H groups in total. The molecular weight excluding hydrogens is 396 g/mol. The summed E-state index contributed by atoms with van der Waals surface area (Å²) < 4.78 is 27.9. The Labute approximate surface area is 171 Å². The van der Waals surface area contributed by atoms with Crippen LogP contribution in [0.3, 0.4) is 0 Å². The van der Waals surface area contributed by atoms with Crippen LogP contribution in [-0.4, -0.2) is 26.9 Å². The second-order valence-corrected chi connectivity index (χ2v) is 9.53. The minimum absolute atomic E-state index is 0.122. The van der Waals surface area contributed by atoms with Crippen LogP contribution >= 0.6 is 11.6 Å². The number of anilines is 1. The molecular formula is C21H25ClN2O3S. The highest BCUT2D eigenvalue weighted by Crippen LogP contribution is 2.31. The summed E-state index contributed by atoms with van der Waals surface area (Å²) in [4.78, 5) is 12.8. The molecule has 28 heavy (non-hydrogen) atoms. The van der Waals surface area contributed by atoms with Gasteiger partial charge in [0.05, 0.1) is 10.6 Å². The van der Waals surface area contributed by atoms with E-state index in [2.05, 4.69) is 5.32 Å². The van der Waals surface area contributed by atoms with Crippen LogP contribution in [0, 0.1) is 13.8 Å². The Morgan fingerprint density at radius 2 is 1.75 bits per heavy atom. The summed E-state index contributed by atoms with van der Waals surface area (Å²) in [6.45, 7) is 3.36. The molecule has 0 radical (unpaired) electrons. The van der Waals surface area contributed by atoms with Gasteiger partial charge in [-0.25, -0.2) is 8.42 Å². The van der Waals surface area contributed by atoms with Gasteiger partial charge in [-0.15, -0.1) is 0 Å². The molecule has 3 rings (SSSR count). The Morgan fingerprint density at radius 3 is 2.39 bits per heavy atom. The van der Waals surface area contributed by atoms with Gasteiger partial charge in [-0.2, -0.15) is 0 Å². The lowest BCUT2D eigenvalue weighted by Gasteiger charge is -2.26. The summed E-state index contributed by atoms with van der Waals surface area (Å²) in [5, 5.41) is 3.42. The van der Waals surface area contributed by atoms with Crippen molar-refractivity contribution in [1.82, 2.24) is 5.32 Å². The Kier molecular flexibility index (Phi) is 6.30. The molecule has 0 bridgehead atoms. The SMILES string of the molecule is Cc1ccc(S(=O)(=O)N(CC(=O)NC2CCCC2)c2cccc(Cl)c2C)cc1. The molecule has 2 aromatic rings. The van der Waals surface area contributed by atoms with Gasteiger partial charge in [0.2, 0.25) is 5.91 Å². The van der Waals surface area contributed by atoms with E-state index in [9.17, 15) is 13.2 Å². The lowest BCUT2D eigenvalue weighted by Crippen LogP contribution is -2.44. The van der Waals surface area contributed by atoms with Gasteiger partial charge in [0.15, 0.2) is 0 Å². The highest BCUT2D eigenvalue weighted by Gasteiger charge is 2.29. The monoisotopic (exact) mass is 420 g/mol. The molecule has 1 fully saturated rings. The van der Waals surface area contributed by atoms with Gasteiger partial charge in [0, 0.05) is 11.1 Å². The number of nitrogens with zero attached hydrogens (tertiary/aromatic N) is 1. The molecule has 0 unspecified atom stereocenters. The van der Waals surface area contributed by atoms with Gasteiger partial charge in [-0.1, -0.05) is 48.2 Å². The van der Waals surface area contributed by atoms with Crippen LogP contribution in [0.2, 0.25) is 5.02 Å². The normalized spacial score (nSPS) is 14.8. The highest BCUT2D eigenvalue weighted by atomic mass is 35.5. The Morgan fingerprint density at radius 1 is 1.11 bits per heavy atom. The number of nitrogens with one attached hydrogen (secondary N) is 1. The maximum absolute atomic E-state index is 13.4. The second-order valence-electron chi connectivity index (χ2n) is 7.26. The quantitative estimate of drug-likeness (QED) is 0.761. The number of rotatable bonds is 6. The summed E-state index contributed by atoms with van der Waals surface area (Å²) in [5.74, 6) is -0.304. The van der Waals surface area contributed by atoms with Crippen molar-refractivity contribution in [3.63, 3.8) is 0 Å². The van der Waals surface area contributed by atoms with Crippen LogP contribution in [0.5, 0.6) is 0 Å². The molecule has 1 aliphatic rings. The number of hydrogen-bond acceptors (Lipinski definition) is 3. The van der Waals surface area contributed by atoms with Gasteiger partial charge in [-0.05, 0) is 56.5 Å². The van der Waals surface area contributed by atoms with Crippen molar-refractivity contribution in [1.29, 1.82) is 0 Å². The van der Waals surface area contributed by atoms with Gasteiger partial charge in [0.25, 0.3) is 10.0 Å². The number of hydrogen-bond donors (Lipinski definition) is 1. The lowest BCUT2D eigenvalue weighted by molar-refractivity contribution is -0.120. The highest BCUT2D eigenvalue weighted by molar-refractivity contribution is 7.92. The van der Waals surface area contributed by atoms with E-state index in [-0.39, 0.29) is 23.4 Å². The van der Waals surface area contributed by atoms with Crippen molar-refractivity contribution in [2.24, 2.45) is 0 Å². The zero-order valence-electron chi connectivity index (χ0n) is 16.1. The maximum Gasteiger partial charge on any atom is 0.264 e. The fourth-order valence-corrected chi connectivity index (χ4v) is 5.13. The van der Waals surface area contributed by atoms with E-state index in [0.29, 0.717) is 16.3 Å². The summed E-state index contributed by atoms with van der Waals surface area (Å²) in [7, 11) is -3.92. The van der Waals surface area contributed by atoms with Gasteiger partial charge in [0.1, 0.15) is 6.54 Å². The summed E-state index contributed by atoms with van der Waals surface area (Å²) in [6, 6.07) is 11.8. The first-order valence-electron chi connectivity index (χ1n) is 9.43. The van der Waals surface area contributed by atoms with E-state index in [1.165, 1.54) is 0 Å². The number of carbonyl (C=O) groups is 1. The maximum atomic E-state index is 13.4. The summed E-state index contributed by atoms with van der Waals surface area (Å²) in [5.41, 5.74) is 1.99. The summed E-state index contributed by atoms with van der Waals surface area (Å²) >= 11 is 6.23. The van der Waals surface area contributed by atoms with Crippen LogP contribution in [0.25, 0.3) is 0 Å². The van der Waals surface area contributed by atoms with Crippen LogP contribution in [0.15, 0.2) is 47.4 Å². The molecule has 5 nitrogen and oxygen atoms in total. The van der Waals surface area contributed by atoms with Crippen molar-refractivity contribution in [3.05, 3.63) is 58.6 Å². The van der Waals surface area contributed by atoms with Crippen LogP contribution in [0.4, 0.5) is 5.69 Å². The molecule has 0 spiro atoms. The first-order valence-corrected chi connectivity index (χ1v) is 11.2. The van der Waals surface area contributed by atoms with Crippen LogP contribution in [-0.2, 0) is 14.8 Å². The minimum atomic E-state index is -3.92. The molecule has 1 saturated carbocycles. The van der Waals surface area contributed by atoms with Gasteiger partial charge < -0.3 is 5.32 Å². The average molecular weight is 421 g/mol. The van der Waals surface area contributed by atoms with E-state index >= 15 is 0 Å². The van der Waals surface area contributed by atoms with Crippen molar-refractivity contribution >= 4 is 33.2 Å². The Hall–Kier alpha value is -2.05. The number of halogens is 1. The minimum Gasteiger partial charge on any atom is -0.352 e. The van der Waals surface area contributed by atoms with E-state index in [0.717, 1.165) is 35.6 Å². The van der Waals surface area contributed by atoms with E-state index in [1.54, 1.807) is 49.4 Å². The number of amides is 1. The molecule has 7 heteroatoms. The van der Waals surface area contributed by atoms with Crippen LogP contribution < -0.4 is 9.62 Å². The number of aryl methyl sites for hydroxylation is 1. The first-order chi connectivity index (χ1) is 13.3. The molecule has 0 saturated heterocycles. The molecule has 0 aliphatic heterocycles. The number of carbonyl (C=O) groups excluding carboxylic acids is 1. The third-order valence-electron chi connectivity index (χ3n) is 5.12. The smallest absolute Gasteiger partial charge is 0.264 e. The van der Waals surface area contributed by atoms with E-state index < -0.39 is 10.0 Å². The standard InChI is InChI=1S/C21H25ClN2O3S/c1-15-10-12-18(13-11-15)28(26,27)24(20-9-5-8-19(22)16(20)2)14-21(25)23-17-6-3-4-7-17/h5,8-13,17H,3-4,6-7,14H2,1-2H3,(H,23,25). The lowest BCUT2D eigenvalue weighted by atomic mass is 10.2. The number of sulfonamides is 1. The van der Waals surface area contributed by atoms with E-state index in [4.69, 9.17) is 11.6 Å². The zero-order valence-corrected chi connectivity index (χ0v) is 17.7. The van der Waals surface area contributed by atoms with Crippen molar-refractivity contribution in [2.45, 2.75) is 50.5 Å². The van der Waals surface area contributed by atoms with Crippen molar-refractivity contribution in [3.8, 4) is 0 Å². The van der Waals surface area contributed by atoms with Crippen LogP contribution in [0.1, 0.15) is 36.8 Å². The molecule has 1 aliphatic carbocycles. The Balaban J connectivity index is 1.97. The summed E-state index contributed by atoms with van der Waals surface area (Å²) in [6.07, 6.45) is 4.05. The Bertz CT molecular complexity index is 952.